The van der Waals surface area contributed by atoms with E-state index in [1.807, 2.05) is 6.92 Å². The molecule has 0 fully saturated rings. The van der Waals surface area contributed by atoms with E-state index in [4.69, 9.17) is 34.8 Å². The van der Waals surface area contributed by atoms with Crippen LogP contribution in [0, 0.1) is 0 Å². The number of hydrogen-bond acceptors (Lipinski definition) is 2. The van der Waals surface area contributed by atoms with Gasteiger partial charge in [-0.2, -0.15) is 0 Å². The van der Waals surface area contributed by atoms with Gasteiger partial charge in [0, 0.05) is 4.70 Å². The van der Waals surface area contributed by atoms with Crippen LogP contribution < -0.4 is 5.32 Å². The summed E-state index contributed by atoms with van der Waals surface area (Å²) in [6.45, 7) is 2.78. The van der Waals surface area contributed by atoms with Crippen molar-refractivity contribution in [2.24, 2.45) is 0 Å². The number of thiophene rings is 1. The van der Waals surface area contributed by atoms with Gasteiger partial charge >= 0.3 is 0 Å². The molecule has 1 nitrogen and oxygen atoms in total. The number of alkyl halides is 3. The van der Waals surface area contributed by atoms with E-state index < -0.39 is 3.79 Å². The van der Waals surface area contributed by atoms with Crippen LogP contribution in [0.2, 0.25) is 0 Å². The highest BCUT2D eigenvalue weighted by atomic mass is 35.6. The molecule has 0 spiro atoms. The first-order valence-electron chi connectivity index (χ1n) is 5.77. The van der Waals surface area contributed by atoms with E-state index in [9.17, 15) is 0 Å². The maximum atomic E-state index is 6.00. The van der Waals surface area contributed by atoms with E-state index in [-0.39, 0.29) is 6.04 Å². The van der Waals surface area contributed by atoms with Crippen molar-refractivity contribution >= 4 is 56.2 Å². The van der Waals surface area contributed by atoms with Crippen LogP contribution in [0.15, 0.2) is 29.6 Å². The van der Waals surface area contributed by atoms with Gasteiger partial charge in [-0.25, -0.2) is 0 Å². The molecule has 1 N–H and O–H groups in total. The third-order valence-electron chi connectivity index (χ3n) is 2.81. The molecule has 0 radical (unpaired) electrons. The topological polar surface area (TPSA) is 12.0 Å². The summed E-state index contributed by atoms with van der Waals surface area (Å²) in [4.78, 5) is 0. The van der Waals surface area contributed by atoms with Crippen molar-refractivity contribution in [2.45, 2.75) is 23.2 Å². The Hall–Kier alpha value is 0.01000. The van der Waals surface area contributed by atoms with Crippen molar-refractivity contribution in [3.63, 3.8) is 0 Å². The molecule has 1 atom stereocenters. The van der Waals surface area contributed by atoms with Crippen LogP contribution in [0.3, 0.4) is 0 Å². The summed E-state index contributed by atoms with van der Waals surface area (Å²) >= 11 is 19.7. The molecule has 0 aliphatic rings. The second-order valence-electron chi connectivity index (χ2n) is 4.15. The second kappa shape index (κ2) is 5.98. The number of fused-ring (bicyclic) bond motifs is 1. The molecule has 0 aliphatic carbocycles. The van der Waals surface area contributed by atoms with Crippen LogP contribution in [0.1, 0.15) is 12.5 Å². The normalized spacial score (nSPS) is 14.0. The first-order valence-corrected chi connectivity index (χ1v) is 7.78. The van der Waals surface area contributed by atoms with Crippen LogP contribution in [0.4, 0.5) is 0 Å². The number of halogens is 3. The Bertz CT molecular complexity index is 518. The zero-order valence-corrected chi connectivity index (χ0v) is 13.0. The number of nitrogens with one attached hydrogen (secondary N) is 1. The van der Waals surface area contributed by atoms with Crippen molar-refractivity contribution in [3.8, 4) is 0 Å². The molecule has 2 rings (SSSR count). The fourth-order valence-corrected chi connectivity index (χ4v) is 3.23. The fraction of sp³-hybridized carbons (Fsp3) is 0.385. The predicted octanol–water partition coefficient (Wildman–Crippen LogP) is 4.79. The highest BCUT2D eigenvalue weighted by Crippen LogP contribution is 2.32. The van der Waals surface area contributed by atoms with Crippen LogP contribution in [0.5, 0.6) is 0 Å². The Morgan fingerprint density at radius 1 is 1.28 bits per heavy atom. The summed E-state index contributed by atoms with van der Waals surface area (Å²) in [5.74, 6) is 0. The minimum Gasteiger partial charge on any atom is -0.310 e. The van der Waals surface area contributed by atoms with Crippen molar-refractivity contribution in [1.29, 1.82) is 0 Å². The Balaban J connectivity index is 2.19. The van der Waals surface area contributed by atoms with Gasteiger partial charge in [-0.05, 0) is 41.4 Å². The number of likely N-dealkylation sites (N-methyl/N-ethyl adjacent to an activating group) is 1. The van der Waals surface area contributed by atoms with Gasteiger partial charge < -0.3 is 5.32 Å². The molecular weight excluding hydrogens is 309 g/mol. The molecule has 0 aliphatic heterocycles. The van der Waals surface area contributed by atoms with Crippen LogP contribution in [-0.2, 0) is 6.42 Å². The third-order valence-corrected chi connectivity index (χ3v) is 4.48. The van der Waals surface area contributed by atoms with Gasteiger partial charge in [0.2, 0.25) is 3.79 Å². The smallest absolute Gasteiger partial charge is 0.205 e. The van der Waals surface area contributed by atoms with Gasteiger partial charge in [-0.3, -0.25) is 0 Å². The Kier molecular flexibility index (Phi) is 4.79. The molecule has 1 unspecified atom stereocenters. The van der Waals surface area contributed by atoms with Crippen molar-refractivity contribution in [1.82, 2.24) is 5.32 Å². The SMILES string of the molecule is CCNC(Cc1ccc2ccsc2c1)C(Cl)(Cl)Cl. The Morgan fingerprint density at radius 2 is 2.06 bits per heavy atom. The quantitative estimate of drug-likeness (QED) is 0.798. The molecule has 98 valence electrons. The maximum absolute atomic E-state index is 6.00. The molecule has 1 aromatic carbocycles. The molecule has 1 heterocycles. The van der Waals surface area contributed by atoms with Crippen molar-refractivity contribution in [3.05, 3.63) is 35.2 Å². The molecule has 5 heteroatoms. The van der Waals surface area contributed by atoms with Gasteiger partial charge in [0.15, 0.2) is 0 Å². The Morgan fingerprint density at radius 3 is 2.72 bits per heavy atom. The van der Waals surface area contributed by atoms with E-state index in [2.05, 4.69) is 35.0 Å². The summed E-state index contributed by atoms with van der Waals surface area (Å²) in [5.41, 5.74) is 1.18. The summed E-state index contributed by atoms with van der Waals surface area (Å²) < 4.78 is -0.0208. The second-order valence-corrected chi connectivity index (χ2v) is 7.47. The van der Waals surface area contributed by atoms with Crippen molar-refractivity contribution < 1.29 is 0 Å². The lowest BCUT2D eigenvalue weighted by molar-refractivity contribution is 0.532. The predicted molar refractivity (Wildman–Crippen MR) is 83.3 cm³/mol. The van der Waals surface area contributed by atoms with E-state index in [0.717, 1.165) is 6.54 Å². The average molecular weight is 323 g/mol. The van der Waals surface area contributed by atoms with Gasteiger partial charge in [-0.15, -0.1) is 11.3 Å². The average Bonchev–Trinajstić information content (AvgIpc) is 2.74. The monoisotopic (exact) mass is 321 g/mol. The molecular formula is C13H14Cl3NS. The summed E-state index contributed by atoms with van der Waals surface area (Å²) in [7, 11) is 0. The lowest BCUT2D eigenvalue weighted by atomic mass is 10.1. The fourth-order valence-electron chi connectivity index (χ4n) is 1.91. The molecule has 18 heavy (non-hydrogen) atoms. The highest BCUT2D eigenvalue weighted by Gasteiger charge is 2.31. The number of hydrogen-bond donors (Lipinski definition) is 1. The highest BCUT2D eigenvalue weighted by molar-refractivity contribution is 7.17. The minimum absolute atomic E-state index is 0.176. The lowest BCUT2D eigenvalue weighted by Crippen LogP contribution is -2.41. The van der Waals surface area contributed by atoms with Gasteiger partial charge in [0.25, 0.3) is 0 Å². The summed E-state index contributed by atoms with van der Waals surface area (Å²) in [5, 5.41) is 6.57. The Labute approximate surface area is 126 Å². The minimum atomic E-state index is -1.29. The van der Waals surface area contributed by atoms with Crippen LogP contribution in [-0.4, -0.2) is 16.4 Å². The van der Waals surface area contributed by atoms with Gasteiger partial charge in [-0.1, -0.05) is 53.9 Å². The number of benzene rings is 1. The maximum Gasteiger partial charge on any atom is 0.205 e. The lowest BCUT2D eigenvalue weighted by Gasteiger charge is -2.25. The molecule has 0 saturated carbocycles. The molecule has 0 saturated heterocycles. The van der Waals surface area contributed by atoms with E-state index in [1.165, 1.54) is 15.6 Å². The molecule has 0 amide bonds. The first-order chi connectivity index (χ1) is 8.50. The molecule has 2 aromatic rings. The molecule has 1 aromatic heterocycles. The third kappa shape index (κ3) is 3.52. The van der Waals surface area contributed by atoms with Crippen molar-refractivity contribution in [2.75, 3.05) is 6.54 Å². The largest absolute Gasteiger partial charge is 0.310 e. The van der Waals surface area contributed by atoms with Gasteiger partial charge in [0.1, 0.15) is 0 Å². The van der Waals surface area contributed by atoms with E-state index in [1.54, 1.807) is 11.3 Å². The van der Waals surface area contributed by atoms with Gasteiger partial charge in [0.05, 0.1) is 6.04 Å². The summed E-state index contributed by atoms with van der Waals surface area (Å²) in [6, 6.07) is 8.31. The zero-order chi connectivity index (χ0) is 13.2. The number of rotatable bonds is 4. The zero-order valence-electron chi connectivity index (χ0n) is 9.92. The molecule has 0 bridgehead atoms. The van der Waals surface area contributed by atoms with E-state index in [0.29, 0.717) is 6.42 Å². The summed E-state index contributed by atoms with van der Waals surface area (Å²) in [6.07, 6.45) is 0.707. The van der Waals surface area contributed by atoms with Crippen LogP contribution >= 0.6 is 46.1 Å². The first kappa shape index (κ1) is 14.4. The standard InChI is InChI=1S/C13H14Cl3NS/c1-2-17-12(13(14,15)16)8-9-3-4-10-5-6-18-11(10)7-9/h3-7,12,17H,2,8H2,1H3. The van der Waals surface area contributed by atoms with E-state index >= 15 is 0 Å². The van der Waals surface area contributed by atoms with Crippen LogP contribution in [0.25, 0.3) is 10.1 Å².